The van der Waals surface area contributed by atoms with Crippen molar-refractivity contribution in [2.45, 2.75) is 277 Å². The van der Waals surface area contributed by atoms with Crippen molar-refractivity contribution in [3.05, 3.63) is 24.3 Å². The average molecular weight is 883 g/mol. The van der Waals surface area contributed by atoms with Crippen LogP contribution in [0, 0.1) is 0 Å². The quantitative estimate of drug-likeness (QED) is 0.0279. The molecule has 0 radical (unpaired) electrons. The molecule has 0 rings (SSSR count). The van der Waals surface area contributed by atoms with Crippen LogP contribution in [0.5, 0.6) is 0 Å². The molecule has 0 heterocycles. The van der Waals surface area contributed by atoms with Crippen LogP contribution in [0.25, 0.3) is 0 Å². The Morgan fingerprint density at radius 3 is 1.16 bits per heavy atom. The third-order valence-electron chi connectivity index (χ3n) is 11.7. The third-order valence-corrected chi connectivity index (χ3v) is 12.6. The minimum Gasteiger partial charge on any atom is -0.462 e. The normalized spacial score (nSPS) is 13.3. The van der Waals surface area contributed by atoms with E-state index < -0.39 is 26.5 Å². The van der Waals surface area contributed by atoms with E-state index in [1.54, 1.807) is 0 Å². The molecule has 61 heavy (non-hydrogen) atoms. The van der Waals surface area contributed by atoms with Gasteiger partial charge in [0.1, 0.15) is 6.61 Å². The molecule has 2 atom stereocenters. The van der Waals surface area contributed by atoms with E-state index in [0.717, 1.165) is 58.5 Å². The second-order valence-electron chi connectivity index (χ2n) is 17.7. The molecule has 0 fully saturated rings. The van der Waals surface area contributed by atoms with Gasteiger partial charge in [-0.05, 0) is 44.9 Å². The van der Waals surface area contributed by atoms with Crippen molar-refractivity contribution in [2.24, 2.45) is 0 Å². The zero-order valence-electron chi connectivity index (χ0n) is 40.3. The summed E-state index contributed by atoms with van der Waals surface area (Å²) in [5, 5.41) is 0. The molecule has 0 aliphatic heterocycles. The van der Waals surface area contributed by atoms with E-state index in [1.165, 1.54) is 186 Å². The summed E-state index contributed by atoms with van der Waals surface area (Å²) in [7, 11) is -3.20. The molecule has 0 aliphatic carbocycles. The molecule has 360 valence electrons. The molecule has 0 aromatic heterocycles. The molecule has 0 amide bonds. The Bertz CT molecular complexity index is 1050. The number of phosphoric ester groups is 1. The van der Waals surface area contributed by atoms with E-state index in [1.807, 2.05) is 0 Å². The van der Waals surface area contributed by atoms with E-state index in [0.29, 0.717) is 12.8 Å². The Kier molecular flexibility index (Phi) is 46.8. The van der Waals surface area contributed by atoms with Crippen LogP contribution in [-0.2, 0) is 32.7 Å². The fraction of sp³-hybridized carbons (Fsp3) is 0.885. The van der Waals surface area contributed by atoms with Crippen molar-refractivity contribution in [2.75, 3.05) is 20.3 Å². The summed E-state index contributed by atoms with van der Waals surface area (Å²) < 4.78 is 32.1. The van der Waals surface area contributed by atoms with Crippen LogP contribution < -0.4 is 0 Å². The second-order valence-corrected chi connectivity index (χ2v) is 19.2. The molecule has 0 saturated heterocycles. The molecule has 0 spiro atoms. The number of ether oxygens (including phenoxy) is 2. The summed E-state index contributed by atoms with van der Waals surface area (Å²) in [5.41, 5.74) is 0. The lowest BCUT2D eigenvalue weighted by molar-refractivity contribution is -0.161. The van der Waals surface area contributed by atoms with Crippen molar-refractivity contribution < 1.29 is 37.6 Å². The molecule has 1 N–H and O–H groups in total. The smallest absolute Gasteiger partial charge is 0.462 e. The Morgan fingerprint density at radius 1 is 0.459 bits per heavy atom. The monoisotopic (exact) mass is 883 g/mol. The topological polar surface area (TPSA) is 108 Å². The van der Waals surface area contributed by atoms with Crippen LogP contribution in [0.1, 0.15) is 271 Å². The van der Waals surface area contributed by atoms with Crippen molar-refractivity contribution in [1.82, 2.24) is 0 Å². The Labute approximate surface area is 377 Å². The molecule has 0 bridgehead atoms. The SMILES string of the molecule is CCCCCC/C=C\C/C=C\CCCCCCCCCC(=O)OC(COC(=O)CCCCCCCCCCCCCCCCCCCCCCCCCC)COP(=O)(O)OC. The highest BCUT2D eigenvalue weighted by molar-refractivity contribution is 7.47. The number of rotatable bonds is 49. The maximum atomic E-state index is 12.6. The number of unbranched alkanes of at least 4 members (excludes halogenated alkanes) is 34. The minimum absolute atomic E-state index is 0.224. The van der Waals surface area contributed by atoms with Crippen LogP contribution >= 0.6 is 7.82 Å². The molecule has 0 aromatic carbocycles. The third kappa shape index (κ3) is 47.8. The molecular weight excluding hydrogens is 784 g/mol. The largest absolute Gasteiger partial charge is 0.472 e. The molecule has 0 aromatic rings. The molecule has 0 saturated carbocycles. The van der Waals surface area contributed by atoms with Gasteiger partial charge in [-0.1, -0.05) is 237 Å². The first kappa shape index (κ1) is 59.5. The average Bonchev–Trinajstić information content (AvgIpc) is 3.25. The summed E-state index contributed by atoms with van der Waals surface area (Å²) in [6.45, 7) is 3.91. The maximum absolute atomic E-state index is 12.6. The van der Waals surface area contributed by atoms with Gasteiger partial charge >= 0.3 is 19.8 Å². The first-order valence-electron chi connectivity index (χ1n) is 26.0. The number of esters is 2. The van der Waals surface area contributed by atoms with Crippen LogP contribution in [0.4, 0.5) is 0 Å². The van der Waals surface area contributed by atoms with E-state index in [4.69, 9.17) is 14.0 Å². The van der Waals surface area contributed by atoms with Gasteiger partial charge < -0.3 is 14.4 Å². The number of carbonyl (C=O) groups is 2. The Morgan fingerprint density at radius 2 is 0.787 bits per heavy atom. The van der Waals surface area contributed by atoms with Gasteiger partial charge in [0.25, 0.3) is 0 Å². The van der Waals surface area contributed by atoms with E-state index in [2.05, 4.69) is 42.7 Å². The van der Waals surface area contributed by atoms with Gasteiger partial charge in [0.2, 0.25) is 0 Å². The fourth-order valence-corrected chi connectivity index (χ4v) is 8.15. The lowest BCUT2D eigenvalue weighted by Crippen LogP contribution is -2.29. The lowest BCUT2D eigenvalue weighted by Gasteiger charge is -2.19. The second kappa shape index (κ2) is 48.0. The van der Waals surface area contributed by atoms with E-state index in [-0.39, 0.29) is 19.0 Å². The van der Waals surface area contributed by atoms with Gasteiger partial charge in [0, 0.05) is 20.0 Å². The van der Waals surface area contributed by atoms with Gasteiger partial charge in [0.05, 0.1) is 6.61 Å². The molecule has 8 nitrogen and oxygen atoms in total. The first-order valence-corrected chi connectivity index (χ1v) is 27.5. The van der Waals surface area contributed by atoms with Crippen molar-refractivity contribution in [1.29, 1.82) is 0 Å². The van der Waals surface area contributed by atoms with Crippen LogP contribution in [0.3, 0.4) is 0 Å². The van der Waals surface area contributed by atoms with Crippen LogP contribution in [0.2, 0.25) is 0 Å². The molecule has 0 aliphatic rings. The summed E-state index contributed by atoms with van der Waals surface area (Å²) in [4.78, 5) is 34.7. The maximum Gasteiger partial charge on any atom is 0.472 e. The minimum atomic E-state index is -4.27. The van der Waals surface area contributed by atoms with Crippen molar-refractivity contribution in [3.8, 4) is 0 Å². The van der Waals surface area contributed by atoms with Crippen molar-refractivity contribution >= 4 is 19.8 Å². The molecular formula is C52H99O8P. The number of carbonyl (C=O) groups excluding carboxylic acids is 2. The predicted octanol–water partition coefficient (Wildman–Crippen LogP) is 17.0. The number of allylic oxidation sites excluding steroid dienone is 4. The number of hydrogen-bond acceptors (Lipinski definition) is 7. The van der Waals surface area contributed by atoms with E-state index >= 15 is 0 Å². The Balaban J connectivity index is 3.85. The van der Waals surface area contributed by atoms with Gasteiger partial charge in [-0.25, -0.2) is 4.57 Å². The van der Waals surface area contributed by atoms with Gasteiger partial charge in [-0.2, -0.15) is 0 Å². The fourth-order valence-electron chi connectivity index (χ4n) is 7.69. The Hall–Kier alpha value is -1.47. The highest BCUT2D eigenvalue weighted by atomic mass is 31.2. The number of phosphoric acid groups is 1. The highest BCUT2D eigenvalue weighted by Gasteiger charge is 2.24. The lowest BCUT2D eigenvalue weighted by atomic mass is 10.0. The summed E-state index contributed by atoms with van der Waals surface area (Å²) >= 11 is 0. The van der Waals surface area contributed by atoms with Crippen LogP contribution in [-0.4, -0.2) is 43.3 Å². The van der Waals surface area contributed by atoms with Crippen LogP contribution in [0.15, 0.2) is 24.3 Å². The predicted molar refractivity (Wildman–Crippen MR) is 258 cm³/mol. The first-order chi connectivity index (χ1) is 29.8. The van der Waals surface area contributed by atoms with Crippen molar-refractivity contribution in [3.63, 3.8) is 0 Å². The molecule has 2 unspecified atom stereocenters. The molecule has 9 heteroatoms. The summed E-state index contributed by atoms with van der Waals surface area (Å²) in [6.07, 6.45) is 56.8. The van der Waals surface area contributed by atoms with Gasteiger partial charge in [-0.3, -0.25) is 18.6 Å². The van der Waals surface area contributed by atoms with Gasteiger partial charge in [0.15, 0.2) is 6.10 Å². The summed E-state index contributed by atoms with van der Waals surface area (Å²) in [5.74, 6) is -0.798. The van der Waals surface area contributed by atoms with E-state index in [9.17, 15) is 19.0 Å². The summed E-state index contributed by atoms with van der Waals surface area (Å²) in [6, 6.07) is 0. The zero-order chi connectivity index (χ0) is 44.6. The van der Waals surface area contributed by atoms with Gasteiger partial charge in [-0.15, -0.1) is 0 Å². The highest BCUT2D eigenvalue weighted by Crippen LogP contribution is 2.42. The standard InChI is InChI=1S/C52H99O8P/c1-4-6-8-10-12-14-16-18-20-22-24-25-26-27-28-29-31-32-34-36-38-40-42-44-46-51(53)58-48-50(49-59-61(55,56)57-3)60-52(54)47-45-43-41-39-37-35-33-30-23-21-19-17-15-13-11-9-7-5-2/h15,17,21,23,50H,4-14,16,18-20,22,24-49H2,1-3H3,(H,55,56)/b17-15-,23-21-. The number of hydrogen-bond donors (Lipinski definition) is 1. The zero-order valence-corrected chi connectivity index (χ0v) is 41.2.